The molecule has 0 bridgehead atoms. The second kappa shape index (κ2) is 7.86. The summed E-state index contributed by atoms with van der Waals surface area (Å²) in [6, 6.07) is 3.81. The summed E-state index contributed by atoms with van der Waals surface area (Å²) in [5, 5.41) is 8.60. The molecular formula is C12H20N2O3. The molecule has 0 unspecified atom stereocenters. The van der Waals surface area contributed by atoms with Gasteiger partial charge in [0.05, 0.1) is 33.1 Å². The van der Waals surface area contributed by atoms with Crippen LogP contribution in [-0.2, 0) is 4.74 Å². The molecule has 0 fully saturated rings. The average Bonchev–Trinajstić information content (AvgIpc) is 2.39. The Hall–Kier alpha value is -1.33. The number of pyridine rings is 1. The van der Waals surface area contributed by atoms with Crippen molar-refractivity contribution in [3.63, 3.8) is 0 Å². The lowest BCUT2D eigenvalue weighted by Crippen LogP contribution is -2.28. The first-order valence-corrected chi connectivity index (χ1v) is 5.75. The predicted molar refractivity (Wildman–Crippen MR) is 66.6 cm³/mol. The van der Waals surface area contributed by atoms with Gasteiger partial charge in [-0.15, -0.1) is 0 Å². The summed E-state index contributed by atoms with van der Waals surface area (Å²) in [6.07, 6.45) is 1.70. The van der Waals surface area contributed by atoms with Gasteiger partial charge in [-0.2, -0.15) is 0 Å². The van der Waals surface area contributed by atoms with Crippen LogP contribution in [0.4, 0.5) is 5.82 Å². The second-order valence-corrected chi connectivity index (χ2v) is 3.47. The molecule has 1 N–H and O–H groups in total. The van der Waals surface area contributed by atoms with Gasteiger partial charge in [0, 0.05) is 13.1 Å². The fourth-order valence-corrected chi connectivity index (χ4v) is 1.46. The third-order valence-electron chi connectivity index (χ3n) is 2.40. The largest absolute Gasteiger partial charge is 0.495 e. The summed E-state index contributed by atoms with van der Waals surface area (Å²) in [5.74, 6) is 1.65. The number of ether oxygens (including phenoxy) is 2. The second-order valence-electron chi connectivity index (χ2n) is 3.47. The van der Waals surface area contributed by atoms with Crippen molar-refractivity contribution >= 4 is 5.82 Å². The van der Waals surface area contributed by atoms with Crippen LogP contribution in [-0.4, -0.2) is 50.1 Å². The summed E-state index contributed by atoms with van der Waals surface area (Å²) in [6.45, 7) is 4.72. The van der Waals surface area contributed by atoms with E-state index in [2.05, 4.69) is 16.8 Å². The van der Waals surface area contributed by atoms with Crippen molar-refractivity contribution in [2.24, 2.45) is 0 Å². The van der Waals surface area contributed by atoms with Crippen molar-refractivity contribution < 1.29 is 14.6 Å². The molecule has 0 saturated heterocycles. The highest BCUT2D eigenvalue weighted by atomic mass is 16.5. The molecule has 0 aliphatic rings. The number of nitrogens with zero attached hydrogens (tertiary/aromatic N) is 2. The number of aliphatic hydroxyl groups excluding tert-OH is 1. The SMILES string of the molecule is CCN(CCOCCO)c1ccc(OC)cn1. The van der Waals surface area contributed by atoms with Gasteiger partial charge in [0.1, 0.15) is 11.6 Å². The van der Waals surface area contributed by atoms with Crippen molar-refractivity contribution in [2.45, 2.75) is 6.92 Å². The summed E-state index contributed by atoms with van der Waals surface area (Å²) >= 11 is 0. The Kier molecular flexibility index (Phi) is 6.35. The zero-order valence-electron chi connectivity index (χ0n) is 10.4. The molecule has 0 saturated carbocycles. The van der Waals surface area contributed by atoms with Crippen LogP contribution in [0, 0.1) is 0 Å². The number of rotatable bonds is 8. The molecule has 5 nitrogen and oxygen atoms in total. The van der Waals surface area contributed by atoms with Crippen LogP contribution in [0.2, 0.25) is 0 Å². The highest BCUT2D eigenvalue weighted by molar-refractivity contribution is 5.40. The minimum absolute atomic E-state index is 0.0624. The highest BCUT2D eigenvalue weighted by Crippen LogP contribution is 2.14. The summed E-state index contributed by atoms with van der Waals surface area (Å²) in [7, 11) is 1.62. The number of aliphatic hydroxyl groups is 1. The third kappa shape index (κ3) is 4.58. The normalized spacial score (nSPS) is 10.3. The van der Waals surface area contributed by atoms with Gasteiger partial charge in [-0.05, 0) is 19.1 Å². The zero-order valence-corrected chi connectivity index (χ0v) is 10.4. The lowest BCUT2D eigenvalue weighted by molar-refractivity contribution is 0.0967. The number of likely N-dealkylation sites (N-methyl/N-ethyl adjacent to an activating group) is 1. The highest BCUT2D eigenvalue weighted by Gasteiger charge is 2.05. The van der Waals surface area contributed by atoms with Crippen LogP contribution >= 0.6 is 0 Å². The number of hydrogen-bond acceptors (Lipinski definition) is 5. The van der Waals surface area contributed by atoms with Crippen molar-refractivity contribution in [1.29, 1.82) is 0 Å². The first-order valence-electron chi connectivity index (χ1n) is 5.75. The van der Waals surface area contributed by atoms with Crippen LogP contribution in [0.25, 0.3) is 0 Å². The fourth-order valence-electron chi connectivity index (χ4n) is 1.46. The Bertz CT molecular complexity index is 303. The van der Waals surface area contributed by atoms with Gasteiger partial charge in [0.15, 0.2) is 0 Å². The monoisotopic (exact) mass is 240 g/mol. The Morgan fingerprint density at radius 2 is 2.18 bits per heavy atom. The number of aromatic nitrogens is 1. The van der Waals surface area contributed by atoms with E-state index in [-0.39, 0.29) is 6.61 Å². The fraction of sp³-hybridized carbons (Fsp3) is 0.583. The number of hydrogen-bond donors (Lipinski definition) is 1. The van der Waals surface area contributed by atoms with Gasteiger partial charge >= 0.3 is 0 Å². The van der Waals surface area contributed by atoms with Crippen molar-refractivity contribution in [3.05, 3.63) is 18.3 Å². The molecule has 1 aromatic rings. The molecule has 0 atom stereocenters. The summed E-state index contributed by atoms with van der Waals surface area (Å²) in [5.41, 5.74) is 0. The van der Waals surface area contributed by atoms with Crippen LogP contribution in [0.15, 0.2) is 18.3 Å². The quantitative estimate of drug-likeness (QED) is 0.685. The van der Waals surface area contributed by atoms with E-state index in [9.17, 15) is 0 Å². The Balaban J connectivity index is 2.47. The number of methoxy groups -OCH3 is 1. The molecule has 0 spiro atoms. The molecule has 96 valence electrons. The lowest BCUT2D eigenvalue weighted by atomic mass is 10.4. The number of anilines is 1. The third-order valence-corrected chi connectivity index (χ3v) is 2.40. The van der Waals surface area contributed by atoms with Crippen molar-refractivity contribution in [3.8, 4) is 5.75 Å². The molecule has 1 rings (SSSR count). The molecule has 17 heavy (non-hydrogen) atoms. The maximum absolute atomic E-state index is 8.60. The molecule has 1 heterocycles. The Morgan fingerprint density at radius 3 is 2.71 bits per heavy atom. The maximum Gasteiger partial charge on any atom is 0.137 e. The Labute approximate surface area is 102 Å². The van der Waals surface area contributed by atoms with E-state index in [4.69, 9.17) is 14.6 Å². The topological polar surface area (TPSA) is 54.8 Å². The molecular weight excluding hydrogens is 220 g/mol. The predicted octanol–water partition coefficient (Wildman–Crippen LogP) is 0.925. The van der Waals surface area contributed by atoms with Crippen LogP contribution in [0.1, 0.15) is 6.92 Å². The molecule has 5 heteroatoms. The van der Waals surface area contributed by atoms with Crippen LogP contribution < -0.4 is 9.64 Å². The minimum Gasteiger partial charge on any atom is -0.495 e. The standard InChI is InChI=1S/C12H20N2O3/c1-3-14(6-8-17-9-7-15)12-5-4-11(16-2)10-13-12/h4-5,10,15H,3,6-9H2,1-2H3. The molecule has 0 radical (unpaired) electrons. The molecule has 0 aromatic carbocycles. The summed E-state index contributed by atoms with van der Waals surface area (Å²) < 4.78 is 10.3. The van der Waals surface area contributed by atoms with Gasteiger partial charge in [-0.25, -0.2) is 4.98 Å². The van der Waals surface area contributed by atoms with Gasteiger partial charge in [0.2, 0.25) is 0 Å². The van der Waals surface area contributed by atoms with Crippen molar-refractivity contribution in [1.82, 2.24) is 4.98 Å². The van der Waals surface area contributed by atoms with Crippen LogP contribution in [0.5, 0.6) is 5.75 Å². The first-order chi connectivity index (χ1) is 8.31. The van der Waals surface area contributed by atoms with Gasteiger partial charge in [0.25, 0.3) is 0 Å². The smallest absolute Gasteiger partial charge is 0.137 e. The van der Waals surface area contributed by atoms with Gasteiger partial charge < -0.3 is 19.5 Å². The summed E-state index contributed by atoms with van der Waals surface area (Å²) in [4.78, 5) is 6.42. The minimum atomic E-state index is 0.0624. The van der Waals surface area contributed by atoms with E-state index in [0.717, 1.165) is 24.7 Å². The van der Waals surface area contributed by atoms with E-state index >= 15 is 0 Å². The van der Waals surface area contributed by atoms with Gasteiger partial charge in [-0.1, -0.05) is 0 Å². The van der Waals surface area contributed by atoms with Gasteiger partial charge in [-0.3, -0.25) is 0 Å². The molecule has 0 aliphatic heterocycles. The van der Waals surface area contributed by atoms with Crippen LogP contribution in [0.3, 0.4) is 0 Å². The average molecular weight is 240 g/mol. The lowest BCUT2D eigenvalue weighted by Gasteiger charge is -2.21. The molecule has 0 aliphatic carbocycles. The van der Waals surface area contributed by atoms with E-state index in [1.807, 2.05) is 12.1 Å². The van der Waals surface area contributed by atoms with E-state index in [0.29, 0.717) is 13.2 Å². The van der Waals surface area contributed by atoms with E-state index in [1.165, 1.54) is 0 Å². The molecule has 0 amide bonds. The zero-order chi connectivity index (χ0) is 12.5. The van der Waals surface area contributed by atoms with E-state index in [1.54, 1.807) is 13.3 Å². The van der Waals surface area contributed by atoms with Crippen molar-refractivity contribution in [2.75, 3.05) is 44.9 Å². The van der Waals surface area contributed by atoms with E-state index < -0.39 is 0 Å². The Morgan fingerprint density at radius 1 is 1.35 bits per heavy atom. The molecule has 1 aromatic heterocycles. The maximum atomic E-state index is 8.60. The first kappa shape index (κ1) is 13.7.